The van der Waals surface area contributed by atoms with Crippen molar-refractivity contribution in [1.29, 1.82) is 0 Å². The first-order chi connectivity index (χ1) is 15.9. The van der Waals surface area contributed by atoms with Crippen molar-refractivity contribution in [3.8, 4) is 11.5 Å². The molecule has 0 unspecified atom stereocenters. The maximum Gasteiger partial charge on any atom is 0.322 e. The molecule has 4 nitrogen and oxygen atoms in total. The van der Waals surface area contributed by atoms with Gasteiger partial charge in [-0.05, 0) is 80.3 Å². The molecule has 0 heterocycles. The zero-order valence-electron chi connectivity index (χ0n) is 20.0. The maximum atomic E-state index is 13.2. The number of carbonyl (C=O) groups is 1. The zero-order chi connectivity index (χ0) is 23.8. The molecular formula is C28H33FN2O2. The van der Waals surface area contributed by atoms with Crippen LogP contribution in [0.25, 0.3) is 0 Å². The lowest BCUT2D eigenvalue weighted by Gasteiger charge is -2.25. The topological polar surface area (TPSA) is 41.6 Å². The van der Waals surface area contributed by atoms with Crippen molar-refractivity contribution in [2.45, 2.75) is 53.5 Å². The van der Waals surface area contributed by atoms with E-state index in [1.54, 1.807) is 12.1 Å². The van der Waals surface area contributed by atoms with Crippen LogP contribution < -0.4 is 10.1 Å². The highest BCUT2D eigenvalue weighted by molar-refractivity contribution is 5.91. The molecule has 0 bridgehead atoms. The van der Waals surface area contributed by atoms with E-state index < -0.39 is 0 Å². The summed E-state index contributed by atoms with van der Waals surface area (Å²) in [6, 6.07) is 17.7. The number of amides is 2. The second-order valence-electron chi connectivity index (χ2n) is 8.53. The third kappa shape index (κ3) is 7.07. The molecule has 0 radical (unpaired) electrons. The number of carbonyl (C=O) groups excluding carboxylic acids is 1. The van der Waals surface area contributed by atoms with Gasteiger partial charge in [0.1, 0.15) is 17.3 Å². The minimum absolute atomic E-state index is 0.0900. The lowest BCUT2D eigenvalue weighted by Crippen LogP contribution is -2.35. The number of rotatable bonds is 9. The Morgan fingerprint density at radius 3 is 2.06 bits per heavy atom. The summed E-state index contributed by atoms with van der Waals surface area (Å²) in [5.41, 5.74) is 5.22. The highest BCUT2D eigenvalue weighted by atomic mass is 19.1. The summed E-state index contributed by atoms with van der Waals surface area (Å²) in [6.45, 7) is 9.47. The number of aryl methyl sites for hydroxylation is 3. The van der Waals surface area contributed by atoms with Gasteiger partial charge in [-0.1, -0.05) is 49.6 Å². The van der Waals surface area contributed by atoms with Crippen LogP contribution in [0.2, 0.25) is 0 Å². The zero-order valence-corrected chi connectivity index (χ0v) is 20.0. The monoisotopic (exact) mass is 448 g/mol. The molecule has 5 heteroatoms. The number of ether oxygens (including phenoxy) is 1. The summed E-state index contributed by atoms with van der Waals surface area (Å²) in [5, 5.41) is 3.13. The Balaban J connectivity index is 1.70. The first kappa shape index (κ1) is 24.3. The number of hydrogen-bond acceptors (Lipinski definition) is 2. The lowest BCUT2D eigenvalue weighted by atomic mass is 10.1. The Bertz CT molecular complexity index is 1040. The molecule has 33 heavy (non-hydrogen) atoms. The largest absolute Gasteiger partial charge is 0.457 e. The molecule has 0 aliphatic heterocycles. The molecule has 0 aromatic heterocycles. The first-order valence-electron chi connectivity index (χ1n) is 11.5. The van der Waals surface area contributed by atoms with Crippen molar-refractivity contribution < 1.29 is 13.9 Å². The smallest absolute Gasteiger partial charge is 0.322 e. The van der Waals surface area contributed by atoms with Crippen LogP contribution in [0.1, 0.15) is 48.4 Å². The molecule has 0 saturated carbocycles. The van der Waals surface area contributed by atoms with Gasteiger partial charge in [0.05, 0.1) is 0 Å². The van der Waals surface area contributed by atoms with Crippen LogP contribution in [0.4, 0.5) is 14.9 Å². The van der Waals surface area contributed by atoms with Crippen LogP contribution in [0.15, 0.2) is 60.7 Å². The van der Waals surface area contributed by atoms with Gasteiger partial charge >= 0.3 is 6.03 Å². The van der Waals surface area contributed by atoms with Crippen molar-refractivity contribution in [1.82, 2.24) is 4.90 Å². The number of halogens is 1. The van der Waals surface area contributed by atoms with E-state index in [1.165, 1.54) is 17.7 Å². The SMILES string of the molecule is CCCCCN(Cc1ccc(Oc2ccc(F)cc2)cc1)C(=O)Nc1c(C)cc(C)cc1C. The van der Waals surface area contributed by atoms with Crippen molar-refractivity contribution in [3.63, 3.8) is 0 Å². The predicted molar refractivity (Wildman–Crippen MR) is 133 cm³/mol. The standard InChI is InChI=1S/C28H33FN2O2/c1-5-6-7-16-31(28(32)30-27-21(3)17-20(2)18-22(27)4)19-23-8-12-25(13-9-23)33-26-14-10-24(29)11-15-26/h8-15,17-18H,5-7,16,19H2,1-4H3,(H,30,32). The highest BCUT2D eigenvalue weighted by Gasteiger charge is 2.16. The molecule has 0 atom stereocenters. The molecule has 3 aromatic rings. The maximum absolute atomic E-state index is 13.2. The Kier molecular flexibility index (Phi) is 8.47. The highest BCUT2D eigenvalue weighted by Crippen LogP contribution is 2.24. The van der Waals surface area contributed by atoms with Crippen LogP contribution in [0.3, 0.4) is 0 Å². The normalized spacial score (nSPS) is 10.7. The number of urea groups is 1. The molecule has 0 aliphatic rings. The van der Waals surface area contributed by atoms with Crippen molar-refractivity contribution in [2.75, 3.05) is 11.9 Å². The minimum atomic E-state index is -0.296. The van der Waals surface area contributed by atoms with Gasteiger partial charge in [-0.25, -0.2) is 9.18 Å². The van der Waals surface area contributed by atoms with Gasteiger partial charge in [0.15, 0.2) is 0 Å². The number of anilines is 1. The van der Waals surface area contributed by atoms with E-state index in [9.17, 15) is 9.18 Å². The summed E-state index contributed by atoms with van der Waals surface area (Å²) >= 11 is 0. The molecule has 3 rings (SSSR count). The van der Waals surface area contributed by atoms with Gasteiger partial charge in [0.2, 0.25) is 0 Å². The fraction of sp³-hybridized carbons (Fsp3) is 0.321. The van der Waals surface area contributed by atoms with E-state index >= 15 is 0 Å². The lowest BCUT2D eigenvalue weighted by molar-refractivity contribution is 0.208. The third-order valence-electron chi connectivity index (χ3n) is 5.57. The van der Waals surface area contributed by atoms with Gasteiger partial charge < -0.3 is 15.0 Å². The Labute approximate surface area is 196 Å². The van der Waals surface area contributed by atoms with Crippen LogP contribution in [-0.4, -0.2) is 17.5 Å². The summed E-state index contributed by atoms with van der Waals surface area (Å²) in [4.78, 5) is 15.1. The fourth-order valence-corrected chi connectivity index (χ4v) is 3.89. The van der Waals surface area contributed by atoms with Gasteiger partial charge in [-0.2, -0.15) is 0 Å². The Morgan fingerprint density at radius 2 is 1.48 bits per heavy atom. The van der Waals surface area contributed by atoms with Gasteiger partial charge in [-0.3, -0.25) is 0 Å². The van der Waals surface area contributed by atoms with E-state index in [4.69, 9.17) is 4.74 Å². The molecule has 174 valence electrons. The molecule has 0 aliphatic carbocycles. The first-order valence-corrected chi connectivity index (χ1v) is 11.5. The van der Waals surface area contributed by atoms with E-state index in [0.29, 0.717) is 24.6 Å². The second-order valence-corrected chi connectivity index (χ2v) is 8.53. The quantitative estimate of drug-likeness (QED) is 0.340. The number of hydrogen-bond donors (Lipinski definition) is 1. The summed E-state index contributed by atoms with van der Waals surface area (Å²) < 4.78 is 18.9. The molecule has 0 spiro atoms. The summed E-state index contributed by atoms with van der Waals surface area (Å²) in [7, 11) is 0. The Hall–Kier alpha value is -3.34. The van der Waals surface area contributed by atoms with E-state index in [-0.39, 0.29) is 11.8 Å². The van der Waals surface area contributed by atoms with E-state index in [1.807, 2.05) is 43.0 Å². The summed E-state index contributed by atoms with van der Waals surface area (Å²) in [5.74, 6) is 0.946. The second kappa shape index (κ2) is 11.5. The number of benzene rings is 3. The Morgan fingerprint density at radius 1 is 0.909 bits per heavy atom. The van der Waals surface area contributed by atoms with Gasteiger partial charge in [-0.15, -0.1) is 0 Å². The predicted octanol–water partition coefficient (Wildman–Crippen LogP) is 7.77. The van der Waals surface area contributed by atoms with E-state index in [2.05, 4.69) is 31.3 Å². The van der Waals surface area contributed by atoms with E-state index in [0.717, 1.165) is 41.6 Å². The molecule has 2 amide bonds. The van der Waals surface area contributed by atoms with Gasteiger partial charge in [0, 0.05) is 18.8 Å². The van der Waals surface area contributed by atoms with Crippen LogP contribution in [-0.2, 0) is 6.54 Å². The molecule has 3 aromatic carbocycles. The number of nitrogens with one attached hydrogen (secondary N) is 1. The summed E-state index contributed by atoms with van der Waals surface area (Å²) in [6.07, 6.45) is 3.14. The van der Waals surface area contributed by atoms with Crippen molar-refractivity contribution in [2.24, 2.45) is 0 Å². The average Bonchev–Trinajstić information content (AvgIpc) is 2.78. The van der Waals surface area contributed by atoms with Gasteiger partial charge in [0.25, 0.3) is 0 Å². The average molecular weight is 449 g/mol. The number of unbranched alkanes of at least 4 members (excludes halogenated alkanes) is 2. The van der Waals surface area contributed by atoms with Crippen LogP contribution in [0.5, 0.6) is 11.5 Å². The van der Waals surface area contributed by atoms with Crippen molar-refractivity contribution >= 4 is 11.7 Å². The molecule has 1 N–H and O–H groups in total. The van der Waals surface area contributed by atoms with Crippen LogP contribution in [0, 0.1) is 26.6 Å². The number of nitrogens with zero attached hydrogens (tertiary/aromatic N) is 1. The molecular weight excluding hydrogens is 415 g/mol. The third-order valence-corrected chi connectivity index (χ3v) is 5.57. The minimum Gasteiger partial charge on any atom is -0.457 e. The fourth-order valence-electron chi connectivity index (χ4n) is 3.89. The molecule has 0 saturated heterocycles. The molecule has 0 fully saturated rings. The van der Waals surface area contributed by atoms with Crippen LogP contribution >= 0.6 is 0 Å². The van der Waals surface area contributed by atoms with Crippen molar-refractivity contribution in [3.05, 3.63) is 88.7 Å².